The van der Waals surface area contributed by atoms with Crippen molar-refractivity contribution in [2.24, 2.45) is 5.41 Å². The fourth-order valence-electron chi connectivity index (χ4n) is 3.59. The van der Waals surface area contributed by atoms with E-state index in [9.17, 15) is 0 Å². The van der Waals surface area contributed by atoms with Gasteiger partial charge in [-0.2, -0.15) is 0 Å². The molecule has 20 heavy (non-hydrogen) atoms. The fourth-order valence-corrected chi connectivity index (χ4v) is 3.59. The molecule has 2 fully saturated rings. The predicted octanol–water partition coefficient (Wildman–Crippen LogP) is 2.43. The molecule has 2 aliphatic heterocycles. The number of ether oxygens (including phenoxy) is 1. The van der Waals surface area contributed by atoms with E-state index in [2.05, 4.69) is 27.9 Å². The molecule has 0 aliphatic carbocycles. The first-order valence-corrected chi connectivity index (χ1v) is 7.91. The van der Waals surface area contributed by atoms with Gasteiger partial charge in [-0.3, -0.25) is 4.90 Å². The first kappa shape index (κ1) is 14.0. The molecule has 3 heterocycles. The van der Waals surface area contributed by atoms with E-state index in [0.29, 0.717) is 5.41 Å². The average molecular weight is 275 g/mol. The van der Waals surface area contributed by atoms with Gasteiger partial charge in [-0.25, -0.2) is 9.97 Å². The Morgan fingerprint density at radius 2 is 2.15 bits per heavy atom. The second-order valence-electron chi connectivity index (χ2n) is 6.24. The molecular weight excluding hydrogens is 250 g/mol. The Balaban J connectivity index is 1.64. The zero-order valence-corrected chi connectivity index (χ0v) is 12.5. The Bertz CT molecular complexity index is 438. The molecule has 1 aromatic rings. The number of aryl methyl sites for hydroxylation is 1. The van der Waals surface area contributed by atoms with Crippen molar-refractivity contribution >= 4 is 0 Å². The van der Waals surface area contributed by atoms with E-state index in [1.165, 1.54) is 44.5 Å². The highest BCUT2D eigenvalue weighted by Crippen LogP contribution is 2.39. The van der Waals surface area contributed by atoms with Gasteiger partial charge in [-0.15, -0.1) is 0 Å². The molecule has 0 bridgehead atoms. The number of aromatic nitrogens is 2. The topological polar surface area (TPSA) is 38.2 Å². The molecular formula is C16H25N3O. The van der Waals surface area contributed by atoms with Crippen LogP contribution in [0.2, 0.25) is 0 Å². The quantitative estimate of drug-likeness (QED) is 0.849. The third-order valence-corrected chi connectivity index (χ3v) is 4.76. The minimum atomic E-state index is 0.511. The summed E-state index contributed by atoms with van der Waals surface area (Å²) in [6.07, 6.45) is 7.95. The van der Waals surface area contributed by atoms with Crippen molar-refractivity contribution in [2.45, 2.75) is 45.6 Å². The standard InChI is InChI=1S/C16H25N3O/c1-2-15-17-8-4-14(18-15)12-19-9-3-5-16(13-19)6-10-20-11-7-16/h4,8H,2-3,5-7,9-13H2,1H3. The number of hydrogen-bond acceptors (Lipinski definition) is 4. The first-order valence-electron chi connectivity index (χ1n) is 7.91. The van der Waals surface area contributed by atoms with Crippen molar-refractivity contribution in [1.29, 1.82) is 0 Å². The van der Waals surface area contributed by atoms with E-state index < -0.39 is 0 Å². The Kier molecular flexibility index (Phi) is 4.32. The van der Waals surface area contributed by atoms with Crippen LogP contribution in [-0.2, 0) is 17.7 Å². The van der Waals surface area contributed by atoms with Crippen LogP contribution in [0.1, 0.15) is 44.1 Å². The van der Waals surface area contributed by atoms with Crippen LogP contribution < -0.4 is 0 Å². The van der Waals surface area contributed by atoms with Crippen LogP contribution in [0.25, 0.3) is 0 Å². The first-order chi connectivity index (χ1) is 9.80. The lowest BCUT2D eigenvalue weighted by Gasteiger charge is -2.45. The fraction of sp³-hybridized carbons (Fsp3) is 0.750. The zero-order valence-electron chi connectivity index (χ0n) is 12.5. The van der Waals surface area contributed by atoms with Crippen molar-refractivity contribution < 1.29 is 4.74 Å². The number of likely N-dealkylation sites (tertiary alicyclic amines) is 1. The van der Waals surface area contributed by atoms with Gasteiger partial charge >= 0.3 is 0 Å². The SMILES string of the molecule is CCc1nccc(CN2CCCC3(CCOCC3)C2)n1. The molecule has 0 saturated carbocycles. The highest BCUT2D eigenvalue weighted by atomic mass is 16.5. The Labute approximate surface area is 121 Å². The molecule has 0 amide bonds. The molecule has 0 radical (unpaired) electrons. The minimum Gasteiger partial charge on any atom is -0.381 e. The molecule has 0 unspecified atom stereocenters. The Morgan fingerprint density at radius 1 is 1.30 bits per heavy atom. The van der Waals surface area contributed by atoms with E-state index in [0.717, 1.165) is 32.0 Å². The molecule has 0 N–H and O–H groups in total. The summed E-state index contributed by atoms with van der Waals surface area (Å²) >= 11 is 0. The summed E-state index contributed by atoms with van der Waals surface area (Å²) in [5.74, 6) is 0.959. The Morgan fingerprint density at radius 3 is 2.95 bits per heavy atom. The molecule has 0 aromatic carbocycles. The van der Waals surface area contributed by atoms with E-state index >= 15 is 0 Å². The highest BCUT2D eigenvalue weighted by molar-refractivity contribution is 5.03. The summed E-state index contributed by atoms with van der Waals surface area (Å²) < 4.78 is 5.54. The van der Waals surface area contributed by atoms with Crippen LogP contribution in [0.15, 0.2) is 12.3 Å². The smallest absolute Gasteiger partial charge is 0.128 e. The molecule has 0 atom stereocenters. The maximum absolute atomic E-state index is 5.54. The van der Waals surface area contributed by atoms with Crippen molar-refractivity contribution in [3.63, 3.8) is 0 Å². The number of piperidine rings is 1. The largest absolute Gasteiger partial charge is 0.381 e. The molecule has 2 aliphatic rings. The van der Waals surface area contributed by atoms with Crippen molar-refractivity contribution in [2.75, 3.05) is 26.3 Å². The maximum atomic E-state index is 5.54. The molecule has 110 valence electrons. The van der Waals surface area contributed by atoms with Gasteiger partial charge in [0.1, 0.15) is 5.82 Å². The lowest BCUT2D eigenvalue weighted by molar-refractivity contribution is -0.0293. The van der Waals surface area contributed by atoms with Gasteiger partial charge in [0.15, 0.2) is 0 Å². The summed E-state index contributed by atoms with van der Waals surface area (Å²) in [7, 11) is 0. The maximum Gasteiger partial charge on any atom is 0.128 e. The van der Waals surface area contributed by atoms with E-state index in [-0.39, 0.29) is 0 Å². The lowest BCUT2D eigenvalue weighted by atomic mass is 9.74. The van der Waals surface area contributed by atoms with Crippen LogP contribution in [-0.4, -0.2) is 41.2 Å². The molecule has 1 spiro atoms. The monoisotopic (exact) mass is 275 g/mol. The average Bonchev–Trinajstić information content (AvgIpc) is 2.48. The van der Waals surface area contributed by atoms with Crippen LogP contribution in [0.3, 0.4) is 0 Å². The Hall–Kier alpha value is -1.00. The number of rotatable bonds is 3. The highest BCUT2D eigenvalue weighted by Gasteiger charge is 2.36. The predicted molar refractivity (Wildman–Crippen MR) is 78.4 cm³/mol. The zero-order chi connectivity index (χ0) is 13.8. The van der Waals surface area contributed by atoms with Crippen molar-refractivity contribution in [1.82, 2.24) is 14.9 Å². The summed E-state index contributed by atoms with van der Waals surface area (Å²) in [4.78, 5) is 11.5. The van der Waals surface area contributed by atoms with E-state index in [4.69, 9.17) is 4.74 Å². The van der Waals surface area contributed by atoms with Gasteiger partial charge in [-0.1, -0.05) is 6.92 Å². The molecule has 4 nitrogen and oxygen atoms in total. The summed E-state index contributed by atoms with van der Waals surface area (Å²) in [6.45, 7) is 7.38. The molecule has 4 heteroatoms. The van der Waals surface area contributed by atoms with Gasteiger partial charge in [0.2, 0.25) is 0 Å². The van der Waals surface area contributed by atoms with Gasteiger partial charge in [0.05, 0.1) is 5.69 Å². The van der Waals surface area contributed by atoms with Crippen LogP contribution >= 0.6 is 0 Å². The van der Waals surface area contributed by atoms with E-state index in [1.807, 2.05) is 6.20 Å². The summed E-state index contributed by atoms with van der Waals surface area (Å²) in [6, 6.07) is 2.06. The van der Waals surface area contributed by atoms with Crippen molar-refractivity contribution in [3.05, 3.63) is 23.8 Å². The van der Waals surface area contributed by atoms with Crippen LogP contribution in [0.5, 0.6) is 0 Å². The molecule has 3 rings (SSSR count). The normalized spacial score (nSPS) is 23.1. The molecule has 2 saturated heterocycles. The van der Waals surface area contributed by atoms with Crippen LogP contribution in [0.4, 0.5) is 0 Å². The van der Waals surface area contributed by atoms with Crippen LogP contribution in [0, 0.1) is 5.41 Å². The van der Waals surface area contributed by atoms with Gasteiger partial charge in [0.25, 0.3) is 0 Å². The third kappa shape index (κ3) is 3.18. The van der Waals surface area contributed by atoms with Crippen molar-refractivity contribution in [3.8, 4) is 0 Å². The second kappa shape index (κ2) is 6.19. The molecule has 1 aromatic heterocycles. The van der Waals surface area contributed by atoms with Gasteiger partial charge in [0, 0.05) is 38.9 Å². The lowest BCUT2D eigenvalue weighted by Crippen LogP contribution is -2.45. The van der Waals surface area contributed by atoms with E-state index in [1.54, 1.807) is 0 Å². The second-order valence-corrected chi connectivity index (χ2v) is 6.24. The number of hydrogen-bond donors (Lipinski definition) is 0. The minimum absolute atomic E-state index is 0.511. The van der Waals surface area contributed by atoms with Gasteiger partial charge in [-0.05, 0) is 43.7 Å². The summed E-state index contributed by atoms with van der Waals surface area (Å²) in [5.41, 5.74) is 1.68. The summed E-state index contributed by atoms with van der Waals surface area (Å²) in [5, 5.41) is 0. The number of nitrogens with zero attached hydrogens (tertiary/aromatic N) is 3. The third-order valence-electron chi connectivity index (χ3n) is 4.76. The van der Waals surface area contributed by atoms with Gasteiger partial charge < -0.3 is 4.74 Å².